The number of halogens is 3. The van der Waals surface area contributed by atoms with Gasteiger partial charge in [0, 0.05) is 18.4 Å². The van der Waals surface area contributed by atoms with Crippen LogP contribution in [0.4, 0.5) is 13.2 Å². The second-order valence-corrected chi connectivity index (χ2v) is 3.75. The summed E-state index contributed by atoms with van der Waals surface area (Å²) in [5, 5.41) is 12.0. The first-order valence-electron chi connectivity index (χ1n) is 5.38. The van der Waals surface area contributed by atoms with Crippen LogP contribution in [0.3, 0.4) is 0 Å². The minimum atomic E-state index is -4.41. The molecule has 2 rings (SSSR count). The molecule has 0 N–H and O–H groups in total. The quantitative estimate of drug-likeness (QED) is 0.856. The average Bonchev–Trinajstić information content (AvgIpc) is 2.84. The maximum atomic E-state index is 12.6. The maximum absolute atomic E-state index is 12.6. The lowest BCUT2D eigenvalue weighted by Gasteiger charge is -2.06. The summed E-state index contributed by atoms with van der Waals surface area (Å²) in [7, 11) is 0. The minimum Gasteiger partial charge on any atom is -0.339 e. The molecule has 0 amide bonds. The number of alkyl halides is 3. The molecule has 0 aliphatic rings. The molecule has 0 aliphatic carbocycles. The predicted molar refractivity (Wildman–Crippen MR) is 58.7 cm³/mol. The van der Waals surface area contributed by atoms with Gasteiger partial charge in [0.15, 0.2) is 0 Å². The molecule has 0 spiro atoms. The van der Waals surface area contributed by atoms with Crippen molar-refractivity contribution >= 4 is 0 Å². The standard InChI is InChI=1S/C12H8F3N3O/c13-12(14,15)9-4-1-3-8(7-9)11-17-10(19-18-11)5-2-6-16/h1,3-4,7H,2,5H2. The summed E-state index contributed by atoms with van der Waals surface area (Å²) in [4.78, 5) is 3.94. The molecule has 1 aromatic heterocycles. The van der Waals surface area contributed by atoms with Crippen molar-refractivity contribution in [2.45, 2.75) is 19.0 Å². The van der Waals surface area contributed by atoms with Gasteiger partial charge < -0.3 is 4.52 Å². The molecule has 0 atom stereocenters. The summed E-state index contributed by atoms with van der Waals surface area (Å²) in [6.07, 6.45) is -3.92. The first-order chi connectivity index (χ1) is 9.00. The molecule has 19 heavy (non-hydrogen) atoms. The van der Waals surface area contributed by atoms with E-state index in [4.69, 9.17) is 9.78 Å². The summed E-state index contributed by atoms with van der Waals surface area (Å²) in [5.74, 6) is 0.313. The molecule has 7 heteroatoms. The van der Waals surface area contributed by atoms with E-state index in [0.717, 1.165) is 12.1 Å². The van der Waals surface area contributed by atoms with Gasteiger partial charge in [0.25, 0.3) is 0 Å². The van der Waals surface area contributed by atoms with E-state index in [2.05, 4.69) is 10.1 Å². The fourth-order valence-corrected chi connectivity index (χ4v) is 1.47. The van der Waals surface area contributed by atoms with Crippen molar-refractivity contribution in [1.29, 1.82) is 5.26 Å². The summed E-state index contributed by atoms with van der Waals surface area (Å²) in [6, 6.07) is 6.60. The Labute approximate surface area is 106 Å². The van der Waals surface area contributed by atoms with Crippen molar-refractivity contribution in [3.8, 4) is 17.5 Å². The van der Waals surface area contributed by atoms with E-state index in [1.165, 1.54) is 12.1 Å². The molecule has 2 aromatic rings. The Morgan fingerprint density at radius 1 is 1.32 bits per heavy atom. The fourth-order valence-electron chi connectivity index (χ4n) is 1.47. The maximum Gasteiger partial charge on any atom is 0.416 e. The lowest BCUT2D eigenvalue weighted by atomic mass is 10.1. The van der Waals surface area contributed by atoms with Crippen LogP contribution in [0.15, 0.2) is 28.8 Å². The van der Waals surface area contributed by atoms with Gasteiger partial charge in [-0.3, -0.25) is 0 Å². The molecular weight excluding hydrogens is 259 g/mol. The molecule has 98 valence electrons. The van der Waals surface area contributed by atoms with Gasteiger partial charge in [0.1, 0.15) is 0 Å². The van der Waals surface area contributed by atoms with Gasteiger partial charge in [0.05, 0.1) is 11.6 Å². The van der Waals surface area contributed by atoms with E-state index < -0.39 is 11.7 Å². The smallest absolute Gasteiger partial charge is 0.339 e. The molecule has 0 aliphatic heterocycles. The normalized spacial score (nSPS) is 11.3. The lowest BCUT2D eigenvalue weighted by Crippen LogP contribution is -2.04. The monoisotopic (exact) mass is 267 g/mol. The number of nitriles is 1. The molecule has 4 nitrogen and oxygen atoms in total. The number of nitrogens with zero attached hydrogens (tertiary/aromatic N) is 3. The molecule has 0 saturated carbocycles. The van der Waals surface area contributed by atoms with E-state index in [1.807, 2.05) is 6.07 Å². The first kappa shape index (κ1) is 13.1. The van der Waals surface area contributed by atoms with Crippen LogP contribution < -0.4 is 0 Å². The van der Waals surface area contributed by atoms with E-state index in [9.17, 15) is 13.2 Å². The van der Waals surface area contributed by atoms with Crippen molar-refractivity contribution in [2.75, 3.05) is 0 Å². The van der Waals surface area contributed by atoms with Gasteiger partial charge in [0.2, 0.25) is 11.7 Å². The molecule has 0 saturated heterocycles. The third-order valence-electron chi connectivity index (χ3n) is 2.37. The van der Waals surface area contributed by atoms with E-state index in [-0.39, 0.29) is 30.1 Å². The van der Waals surface area contributed by atoms with Crippen LogP contribution in [0.5, 0.6) is 0 Å². The van der Waals surface area contributed by atoms with Gasteiger partial charge >= 0.3 is 6.18 Å². The average molecular weight is 267 g/mol. The highest BCUT2D eigenvalue weighted by atomic mass is 19.4. The zero-order valence-corrected chi connectivity index (χ0v) is 9.61. The summed E-state index contributed by atoms with van der Waals surface area (Å²) < 4.78 is 42.5. The summed E-state index contributed by atoms with van der Waals surface area (Å²) in [6.45, 7) is 0. The van der Waals surface area contributed by atoms with Crippen molar-refractivity contribution in [2.24, 2.45) is 0 Å². The Kier molecular flexibility index (Phi) is 3.51. The zero-order chi connectivity index (χ0) is 13.9. The Balaban J connectivity index is 2.27. The summed E-state index contributed by atoms with van der Waals surface area (Å²) >= 11 is 0. The van der Waals surface area contributed by atoms with Gasteiger partial charge in [-0.05, 0) is 12.1 Å². The van der Waals surface area contributed by atoms with Crippen LogP contribution >= 0.6 is 0 Å². The second kappa shape index (κ2) is 5.10. The Bertz CT molecular complexity index is 613. The molecule has 0 fully saturated rings. The van der Waals surface area contributed by atoms with Gasteiger partial charge in [-0.25, -0.2) is 0 Å². The first-order valence-corrected chi connectivity index (χ1v) is 5.38. The van der Waals surface area contributed by atoms with Crippen LogP contribution in [-0.4, -0.2) is 10.1 Å². The number of rotatable bonds is 3. The fraction of sp³-hybridized carbons (Fsp3) is 0.250. The molecular formula is C12H8F3N3O. The largest absolute Gasteiger partial charge is 0.416 e. The molecule has 0 unspecified atom stereocenters. The van der Waals surface area contributed by atoms with E-state index in [0.29, 0.717) is 0 Å². The highest BCUT2D eigenvalue weighted by Crippen LogP contribution is 2.31. The molecule has 1 heterocycles. The van der Waals surface area contributed by atoms with Gasteiger partial charge in [-0.1, -0.05) is 17.3 Å². The van der Waals surface area contributed by atoms with Crippen molar-refractivity contribution in [3.63, 3.8) is 0 Å². The Hall–Kier alpha value is -2.36. The Morgan fingerprint density at radius 3 is 2.79 bits per heavy atom. The summed E-state index contributed by atoms with van der Waals surface area (Å²) in [5.41, 5.74) is -0.546. The number of aromatic nitrogens is 2. The Morgan fingerprint density at radius 2 is 2.11 bits per heavy atom. The third kappa shape index (κ3) is 3.10. The number of benzene rings is 1. The molecule has 0 radical (unpaired) electrons. The van der Waals surface area contributed by atoms with Gasteiger partial charge in [-0.2, -0.15) is 23.4 Å². The van der Waals surface area contributed by atoms with Crippen molar-refractivity contribution < 1.29 is 17.7 Å². The van der Waals surface area contributed by atoms with Crippen LogP contribution in [0.1, 0.15) is 17.9 Å². The van der Waals surface area contributed by atoms with Gasteiger partial charge in [-0.15, -0.1) is 0 Å². The second-order valence-electron chi connectivity index (χ2n) is 3.75. The zero-order valence-electron chi connectivity index (χ0n) is 9.61. The molecule has 1 aromatic carbocycles. The number of hydrogen-bond acceptors (Lipinski definition) is 4. The van der Waals surface area contributed by atoms with E-state index >= 15 is 0 Å². The van der Waals surface area contributed by atoms with Crippen LogP contribution in [0, 0.1) is 11.3 Å². The highest BCUT2D eigenvalue weighted by Gasteiger charge is 2.30. The van der Waals surface area contributed by atoms with Crippen molar-refractivity contribution in [1.82, 2.24) is 10.1 Å². The highest BCUT2D eigenvalue weighted by molar-refractivity contribution is 5.55. The van der Waals surface area contributed by atoms with Crippen molar-refractivity contribution in [3.05, 3.63) is 35.7 Å². The number of aryl methyl sites for hydroxylation is 1. The number of hydrogen-bond donors (Lipinski definition) is 0. The minimum absolute atomic E-state index is 0.0824. The van der Waals surface area contributed by atoms with Crippen LogP contribution in [-0.2, 0) is 12.6 Å². The topological polar surface area (TPSA) is 62.7 Å². The van der Waals surface area contributed by atoms with E-state index in [1.54, 1.807) is 0 Å². The molecule has 0 bridgehead atoms. The predicted octanol–water partition coefficient (Wildman–Crippen LogP) is 3.21. The van der Waals surface area contributed by atoms with Crippen LogP contribution in [0.25, 0.3) is 11.4 Å². The van der Waals surface area contributed by atoms with Crippen LogP contribution in [0.2, 0.25) is 0 Å². The lowest BCUT2D eigenvalue weighted by molar-refractivity contribution is -0.137. The third-order valence-corrected chi connectivity index (χ3v) is 2.37. The SMILES string of the molecule is N#CCCc1nc(-c2cccc(C(F)(F)F)c2)no1.